The summed E-state index contributed by atoms with van der Waals surface area (Å²) in [5.74, 6) is 3.19. The summed E-state index contributed by atoms with van der Waals surface area (Å²) in [5, 5.41) is 2.12. The summed E-state index contributed by atoms with van der Waals surface area (Å²) in [6, 6.07) is 10.0. The van der Waals surface area contributed by atoms with Crippen molar-refractivity contribution in [2.24, 2.45) is 0 Å². The first-order valence-corrected chi connectivity index (χ1v) is 8.76. The van der Waals surface area contributed by atoms with Crippen LogP contribution in [0.3, 0.4) is 0 Å². The van der Waals surface area contributed by atoms with Crippen molar-refractivity contribution in [2.75, 3.05) is 26.2 Å². The van der Waals surface area contributed by atoms with Crippen LogP contribution < -0.4 is 14.2 Å². The zero-order valence-electron chi connectivity index (χ0n) is 13.9. The number of unbranched alkanes of at least 4 members (excludes halogenated alkanes) is 3. The van der Waals surface area contributed by atoms with Gasteiger partial charge in [-0.25, -0.2) is 0 Å². The maximum absolute atomic E-state index is 5.90. The van der Waals surface area contributed by atoms with Gasteiger partial charge in [-0.2, -0.15) is 0 Å². The lowest BCUT2D eigenvalue weighted by molar-refractivity contribution is 0.286. The van der Waals surface area contributed by atoms with Crippen LogP contribution in [0.25, 0.3) is 10.8 Å². The summed E-state index contributed by atoms with van der Waals surface area (Å²) in [4.78, 5) is 0. The third kappa shape index (κ3) is 4.93. The largest absolute Gasteiger partial charge is 0.494 e. The number of ether oxygens (including phenoxy) is 3. The molecule has 0 aliphatic carbocycles. The second-order valence-electron chi connectivity index (χ2n) is 5.36. The molecule has 0 amide bonds. The molecule has 0 atom stereocenters. The van der Waals surface area contributed by atoms with Crippen LogP contribution in [0, 0.1) is 0 Å². The van der Waals surface area contributed by atoms with Crippen molar-refractivity contribution >= 4 is 22.4 Å². The molecule has 0 heterocycles. The van der Waals surface area contributed by atoms with E-state index in [9.17, 15) is 0 Å². The van der Waals surface area contributed by atoms with Crippen LogP contribution in [0.4, 0.5) is 0 Å². The number of hydrogen-bond acceptors (Lipinski definition) is 3. The van der Waals surface area contributed by atoms with Gasteiger partial charge in [0.05, 0.1) is 20.3 Å². The van der Waals surface area contributed by atoms with Crippen LogP contribution in [0.2, 0.25) is 0 Å². The van der Waals surface area contributed by atoms with Crippen molar-refractivity contribution in [3.8, 4) is 17.2 Å². The lowest BCUT2D eigenvalue weighted by atomic mass is 10.1. The molecule has 2 rings (SSSR count). The van der Waals surface area contributed by atoms with Gasteiger partial charge in [0.15, 0.2) is 11.5 Å². The van der Waals surface area contributed by atoms with Crippen molar-refractivity contribution in [1.29, 1.82) is 0 Å². The van der Waals surface area contributed by atoms with E-state index in [-0.39, 0.29) is 0 Å². The Morgan fingerprint density at radius 1 is 0.957 bits per heavy atom. The number of hydrogen-bond donors (Lipinski definition) is 0. The minimum Gasteiger partial charge on any atom is -0.494 e. The summed E-state index contributed by atoms with van der Waals surface area (Å²) in [6.45, 7) is 3.34. The summed E-state index contributed by atoms with van der Waals surface area (Å²) in [7, 11) is 1.68. The SMILES string of the molecule is CCOc1ccc2c(OC)c(OCCCCCCCl)ccc2c1. The third-order valence-corrected chi connectivity index (χ3v) is 3.97. The van der Waals surface area contributed by atoms with Crippen LogP contribution in [0.15, 0.2) is 30.3 Å². The summed E-state index contributed by atoms with van der Waals surface area (Å²) < 4.78 is 17.0. The van der Waals surface area contributed by atoms with E-state index in [2.05, 4.69) is 0 Å². The first-order valence-electron chi connectivity index (χ1n) is 8.22. The fourth-order valence-electron chi connectivity index (χ4n) is 2.57. The monoisotopic (exact) mass is 336 g/mol. The average Bonchev–Trinajstić information content (AvgIpc) is 2.57. The Morgan fingerprint density at radius 2 is 1.78 bits per heavy atom. The molecule has 0 spiro atoms. The molecular formula is C19H25ClO3. The lowest BCUT2D eigenvalue weighted by Gasteiger charge is -2.14. The van der Waals surface area contributed by atoms with E-state index >= 15 is 0 Å². The van der Waals surface area contributed by atoms with Gasteiger partial charge in [-0.15, -0.1) is 11.6 Å². The molecule has 2 aromatic rings. The predicted molar refractivity (Wildman–Crippen MR) is 96.4 cm³/mol. The van der Waals surface area contributed by atoms with E-state index in [0.29, 0.717) is 13.2 Å². The number of benzene rings is 2. The van der Waals surface area contributed by atoms with Crippen LogP contribution in [0.1, 0.15) is 32.6 Å². The Balaban J connectivity index is 2.06. The van der Waals surface area contributed by atoms with Gasteiger partial charge in [-0.1, -0.05) is 18.9 Å². The molecule has 0 saturated carbocycles. The zero-order valence-corrected chi connectivity index (χ0v) is 14.7. The van der Waals surface area contributed by atoms with Gasteiger partial charge in [0, 0.05) is 11.3 Å². The quantitative estimate of drug-likeness (QED) is 0.428. The Kier molecular flexibility index (Phi) is 7.34. The molecule has 4 heteroatoms. The molecule has 0 radical (unpaired) electrons. The normalized spacial score (nSPS) is 10.7. The van der Waals surface area contributed by atoms with E-state index in [4.69, 9.17) is 25.8 Å². The molecule has 0 aliphatic heterocycles. The highest BCUT2D eigenvalue weighted by Crippen LogP contribution is 2.37. The van der Waals surface area contributed by atoms with Crippen LogP contribution in [-0.4, -0.2) is 26.2 Å². The van der Waals surface area contributed by atoms with Crippen LogP contribution in [-0.2, 0) is 0 Å². The highest BCUT2D eigenvalue weighted by molar-refractivity contribution is 6.17. The molecule has 2 aromatic carbocycles. The second-order valence-corrected chi connectivity index (χ2v) is 5.74. The fourth-order valence-corrected chi connectivity index (χ4v) is 2.76. The molecule has 0 fully saturated rings. The van der Waals surface area contributed by atoms with E-state index < -0.39 is 0 Å². The smallest absolute Gasteiger partial charge is 0.168 e. The summed E-state index contributed by atoms with van der Waals surface area (Å²) in [6.07, 6.45) is 4.40. The average molecular weight is 337 g/mol. The van der Waals surface area contributed by atoms with E-state index in [1.54, 1.807) is 7.11 Å². The fraction of sp³-hybridized carbons (Fsp3) is 0.474. The molecule has 0 aliphatic rings. The van der Waals surface area contributed by atoms with Crippen LogP contribution in [0.5, 0.6) is 17.2 Å². The number of methoxy groups -OCH3 is 1. The third-order valence-electron chi connectivity index (χ3n) is 3.71. The highest BCUT2D eigenvalue weighted by Gasteiger charge is 2.10. The Hall–Kier alpha value is -1.61. The van der Waals surface area contributed by atoms with E-state index in [1.807, 2.05) is 37.3 Å². The number of halogens is 1. The minimum atomic E-state index is 0.660. The van der Waals surface area contributed by atoms with Crippen molar-refractivity contribution in [3.63, 3.8) is 0 Å². The van der Waals surface area contributed by atoms with E-state index in [1.165, 1.54) is 0 Å². The molecule has 0 unspecified atom stereocenters. The molecule has 23 heavy (non-hydrogen) atoms. The van der Waals surface area contributed by atoms with Gasteiger partial charge in [-0.3, -0.25) is 0 Å². The lowest BCUT2D eigenvalue weighted by Crippen LogP contribution is -2.00. The van der Waals surface area contributed by atoms with Crippen LogP contribution >= 0.6 is 11.6 Å². The molecule has 0 N–H and O–H groups in total. The summed E-state index contributed by atoms with van der Waals surface area (Å²) in [5.41, 5.74) is 0. The van der Waals surface area contributed by atoms with Gasteiger partial charge in [0.2, 0.25) is 0 Å². The van der Waals surface area contributed by atoms with Crippen molar-refractivity contribution in [2.45, 2.75) is 32.6 Å². The van der Waals surface area contributed by atoms with E-state index in [0.717, 1.165) is 59.6 Å². The Bertz CT molecular complexity index is 613. The molecule has 0 saturated heterocycles. The molecule has 0 aromatic heterocycles. The van der Waals surface area contributed by atoms with Crippen molar-refractivity contribution in [1.82, 2.24) is 0 Å². The first-order chi connectivity index (χ1) is 11.3. The predicted octanol–water partition coefficient (Wildman–Crippen LogP) is 5.43. The molecule has 3 nitrogen and oxygen atoms in total. The van der Waals surface area contributed by atoms with Gasteiger partial charge < -0.3 is 14.2 Å². The number of alkyl halides is 1. The van der Waals surface area contributed by atoms with Gasteiger partial charge >= 0.3 is 0 Å². The van der Waals surface area contributed by atoms with Gasteiger partial charge in [0.1, 0.15) is 5.75 Å². The number of fused-ring (bicyclic) bond motifs is 1. The highest BCUT2D eigenvalue weighted by atomic mass is 35.5. The number of rotatable bonds is 10. The van der Waals surface area contributed by atoms with Crippen molar-refractivity contribution in [3.05, 3.63) is 30.3 Å². The molecular weight excluding hydrogens is 312 g/mol. The van der Waals surface area contributed by atoms with Gasteiger partial charge in [-0.05, 0) is 49.4 Å². The molecule has 126 valence electrons. The van der Waals surface area contributed by atoms with Crippen molar-refractivity contribution < 1.29 is 14.2 Å². The Morgan fingerprint density at radius 3 is 2.52 bits per heavy atom. The first kappa shape index (κ1) is 17.7. The Labute approximate surface area is 143 Å². The summed E-state index contributed by atoms with van der Waals surface area (Å²) >= 11 is 5.68. The minimum absolute atomic E-state index is 0.660. The van der Waals surface area contributed by atoms with Gasteiger partial charge in [0.25, 0.3) is 0 Å². The standard InChI is InChI=1S/C19H25ClO3/c1-3-22-16-9-10-17-15(14-16)8-11-18(19(17)21-2)23-13-7-5-4-6-12-20/h8-11,14H,3-7,12-13H2,1-2H3. The molecule has 0 bridgehead atoms. The topological polar surface area (TPSA) is 27.7 Å². The maximum Gasteiger partial charge on any atom is 0.168 e. The second kappa shape index (κ2) is 9.51. The maximum atomic E-state index is 5.90. The zero-order chi connectivity index (χ0) is 16.5.